The van der Waals surface area contributed by atoms with Gasteiger partial charge in [0.2, 0.25) is 5.90 Å². The zero-order valence-corrected chi connectivity index (χ0v) is 24.3. The number of aryl methyl sites for hydroxylation is 2. The van der Waals surface area contributed by atoms with E-state index < -0.39 is 0 Å². The van der Waals surface area contributed by atoms with Crippen LogP contribution in [0.4, 0.5) is 5.69 Å². The third-order valence-electron chi connectivity index (χ3n) is 6.59. The molecule has 1 atom stereocenters. The number of hydrogen-bond donors (Lipinski definition) is 0. The Morgan fingerprint density at radius 3 is 2.29 bits per heavy atom. The summed E-state index contributed by atoms with van der Waals surface area (Å²) < 4.78 is 6.07. The topological polar surface area (TPSA) is 46.8 Å². The molecule has 0 unspecified atom stereocenters. The summed E-state index contributed by atoms with van der Waals surface area (Å²) in [6, 6.07) is 27.4. The number of pyridine rings is 1. The van der Waals surface area contributed by atoms with E-state index in [0.29, 0.717) is 25.4 Å². The first kappa shape index (κ1) is 28.3. The fourth-order valence-electron chi connectivity index (χ4n) is 4.66. The van der Waals surface area contributed by atoms with Crippen molar-refractivity contribution < 1.29 is 17.6 Å². The molecule has 2 heterocycles. The SMILES string of the molecule is CCc1cccc(CC)c1N=C(C)c1ccc2cccc(C3=N[C@@H](Cc4ccccc4)CO3)c2n1.[Cl][Co][Cl]. The molecule has 199 valence electrons. The van der Waals surface area contributed by atoms with Crippen molar-refractivity contribution in [2.45, 2.75) is 46.1 Å². The number of aliphatic imine (C=N–C) groups is 2. The van der Waals surface area contributed by atoms with E-state index in [2.05, 4.69) is 80.6 Å². The summed E-state index contributed by atoms with van der Waals surface area (Å²) in [5.74, 6) is 0.681. The molecule has 1 aromatic heterocycles. The van der Waals surface area contributed by atoms with Crippen molar-refractivity contribution in [1.29, 1.82) is 0 Å². The molecule has 0 spiro atoms. The van der Waals surface area contributed by atoms with Crippen LogP contribution in [0.1, 0.15) is 48.7 Å². The van der Waals surface area contributed by atoms with Crippen molar-refractivity contribution in [3.05, 3.63) is 107 Å². The van der Waals surface area contributed by atoms with E-state index in [1.165, 1.54) is 16.7 Å². The average Bonchev–Trinajstić information content (AvgIpc) is 3.41. The summed E-state index contributed by atoms with van der Waals surface area (Å²) in [5.41, 5.74) is 8.51. The molecule has 5 rings (SSSR count). The monoisotopic (exact) mass is 590 g/mol. The Bertz CT molecular complexity index is 1420. The number of fused-ring (bicyclic) bond motifs is 1. The summed E-state index contributed by atoms with van der Waals surface area (Å²) in [7, 11) is 9.47. The number of aromatic nitrogens is 1. The first-order valence-electron chi connectivity index (χ1n) is 12.7. The standard InChI is InChI=1S/C31H31N3O.2ClH.Co/c1-4-23-13-9-14-24(5-2)29(23)32-21(3)28-18-17-25-15-10-16-27(30(25)34-28)31-33-26(20-35-31)19-22-11-7-6-8-12-22;;;/h6-18,26H,4-5,19-20H2,1-3H3;2*1H;/q;;;+2/p-2/t26-;;;/m0.../s1. The Morgan fingerprint density at radius 2 is 1.61 bits per heavy atom. The second kappa shape index (κ2) is 13.9. The van der Waals surface area contributed by atoms with Crippen molar-refractivity contribution in [1.82, 2.24) is 4.98 Å². The fourth-order valence-corrected chi connectivity index (χ4v) is 4.66. The van der Waals surface area contributed by atoms with Crippen LogP contribution in [0.15, 0.2) is 88.8 Å². The Balaban J connectivity index is 0.00000107. The molecular weight excluding hydrogens is 560 g/mol. The van der Waals surface area contributed by atoms with Crippen molar-refractivity contribution >= 4 is 48.5 Å². The van der Waals surface area contributed by atoms with Gasteiger partial charge in [-0.2, -0.15) is 0 Å². The molecular formula is C31H31Cl2CoN3O. The van der Waals surface area contributed by atoms with E-state index in [9.17, 15) is 0 Å². The number of para-hydroxylation sites is 2. The van der Waals surface area contributed by atoms with E-state index in [1.807, 2.05) is 19.1 Å². The molecule has 7 heteroatoms. The van der Waals surface area contributed by atoms with Crippen LogP contribution in [0, 0.1) is 0 Å². The van der Waals surface area contributed by atoms with Gasteiger partial charge in [-0.3, -0.25) is 4.99 Å². The molecule has 0 bridgehead atoms. The molecule has 0 N–H and O–H groups in total. The van der Waals surface area contributed by atoms with E-state index in [-0.39, 0.29) is 6.04 Å². The first-order chi connectivity index (χ1) is 18.6. The average molecular weight is 591 g/mol. The second-order valence-electron chi connectivity index (χ2n) is 9.04. The summed E-state index contributed by atoms with van der Waals surface area (Å²) in [6.45, 7) is 6.99. The van der Waals surface area contributed by atoms with Crippen LogP contribution in [0.5, 0.6) is 0 Å². The van der Waals surface area contributed by atoms with Crippen LogP contribution < -0.4 is 0 Å². The van der Waals surface area contributed by atoms with Gasteiger partial charge in [0.25, 0.3) is 0 Å². The van der Waals surface area contributed by atoms with Crippen LogP contribution in [-0.2, 0) is 36.9 Å². The van der Waals surface area contributed by atoms with Gasteiger partial charge in [0.15, 0.2) is 0 Å². The molecule has 0 amide bonds. The second-order valence-corrected chi connectivity index (χ2v) is 10.8. The van der Waals surface area contributed by atoms with E-state index in [1.54, 1.807) is 0 Å². The van der Waals surface area contributed by atoms with Crippen LogP contribution in [0.2, 0.25) is 0 Å². The number of halogens is 2. The minimum atomic E-state index is 0.118. The zero-order valence-electron chi connectivity index (χ0n) is 21.8. The maximum atomic E-state index is 6.07. The van der Waals surface area contributed by atoms with Gasteiger partial charge in [-0.1, -0.05) is 80.6 Å². The molecule has 4 aromatic rings. The Morgan fingerprint density at radius 1 is 0.921 bits per heavy atom. The molecule has 0 fully saturated rings. The van der Waals surface area contributed by atoms with Gasteiger partial charge in [-0.25, -0.2) is 9.98 Å². The molecule has 1 aliphatic rings. The molecule has 0 saturated heterocycles. The summed E-state index contributed by atoms with van der Waals surface area (Å²) in [5, 5.41) is 1.07. The molecule has 0 aliphatic carbocycles. The summed E-state index contributed by atoms with van der Waals surface area (Å²) in [4.78, 5) is 15.0. The summed E-state index contributed by atoms with van der Waals surface area (Å²) in [6.07, 6.45) is 2.78. The number of nitrogens with zero attached hydrogens (tertiary/aromatic N) is 3. The van der Waals surface area contributed by atoms with Gasteiger partial charge in [0.1, 0.15) is 6.61 Å². The minimum absolute atomic E-state index is 0.118. The van der Waals surface area contributed by atoms with Crippen LogP contribution >= 0.6 is 20.3 Å². The third kappa shape index (κ3) is 6.83. The van der Waals surface area contributed by atoms with E-state index >= 15 is 0 Å². The zero-order chi connectivity index (χ0) is 26.9. The van der Waals surface area contributed by atoms with Gasteiger partial charge in [0.05, 0.1) is 34.2 Å². The van der Waals surface area contributed by atoms with Crippen LogP contribution in [0.25, 0.3) is 10.9 Å². The van der Waals surface area contributed by atoms with Crippen molar-refractivity contribution in [3.8, 4) is 0 Å². The first-order valence-corrected chi connectivity index (χ1v) is 15.6. The number of rotatable bonds is 7. The Kier molecular flexibility index (Phi) is 10.4. The molecule has 4 nitrogen and oxygen atoms in total. The van der Waals surface area contributed by atoms with Crippen LogP contribution in [-0.4, -0.2) is 29.2 Å². The van der Waals surface area contributed by atoms with Crippen molar-refractivity contribution in [2.75, 3.05) is 6.61 Å². The van der Waals surface area contributed by atoms with Gasteiger partial charge < -0.3 is 4.74 Å². The van der Waals surface area contributed by atoms with Crippen LogP contribution in [0.3, 0.4) is 0 Å². The van der Waals surface area contributed by atoms with E-state index in [4.69, 9.17) is 40.0 Å². The predicted octanol–water partition coefficient (Wildman–Crippen LogP) is 8.26. The van der Waals surface area contributed by atoms with Gasteiger partial charge in [-0.05, 0) is 55.0 Å². The quantitative estimate of drug-likeness (QED) is 0.203. The van der Waals surface area contributed by atoms with Crippen molar-refractivity contribution in [3.63, 3.8) is 0 Å². The van der Waals surface area contributed by atoms with Gasteiger partial charge in [-0.15, -0.1) is 0 Å². The van der Waals surface area contributed by atoms with Gasteiger partial charge in [0, 0.05) is 5.39 Å². The van der Waals surface area contributed by atoms with Gasteiger partial charge >= 0.3 is 33.2 Å². The molecule has 3 aromatic carbocycles. The fraction of sp³-hybridized carbons (Fsp3) is 0.258. The summed E-state index contributed by atoms with van der Waals surface area (Å²) >= 11 is 0.382. The normalized spacial score (nSPS) is 15.1. The number of benzene rings is 3. The molecule has 0 saturated carbocycles. The third-order valence-corrected chi connectivity index (χ3v) is 6.59. The van der Waals surface area contributed by atoms with E-state index in [0.717, 1.165) is 52.8 Å². The molecule has 1 aliphatic heterocycles. The van der Waals surface area contributed by atoms with Crippen molar-refractivity contribution in [2.24, 2.45) is 9.98 Å². The molecule has 0 radical (unpaired) electrons. The maximum absolute atomic E-state index is 6.07. The predicted molar refractivity (Wildman–Crippen MR) is 157 cm³/mol. The Hall–Kier alpha value is -2.70. The molecule has 38 heavy (non-hydrogen) atoms. The number of hydrogen-bond acceptors (Lipinski definition) is 4. The Labute approximate surface area is 239 Å². The number of ether oxygens (including phenoxy) is 1.